The van der Waals surface area contributed by atoms with Crippen molar-refractivity contribution >= 4 is 27.7 Å². The summed E-state index contributed by atoms with van der Waals surface area (Å²) in [5.41, 5.74) is -0.244. The van der Waals surface area contributed by atoms with E-state index in [1.54, 1.807) is 84.9 Å². The zero-order valence-electron chi connectivity index (χ0n) is 21.4. The average Bonchev–Trinajstić information content (AvgIpc) is 2.97. The first-order chi connectivity index (χ1) is 19.8. The van der Waals surface area contributed by atoms with Crippen LogP contribution in [0.15, 0.2) is 131 Å². The van der Waals surface area contributed by atoms with Crippen LogP contribution in [-0.2, 0) is 11.0 Å². The zero-order chi connectivity index (χ0) is 28.6. The molecule has 0 radical (unpaired) electrons. The fourth-order valence-electron chi connectivity index (χ4n) is 5.06. The molecule has 0 saturated carbocycles. The van der Waals surface area contributed by atoms with Crippen molar-refractivity contribution in [2.45, 2.75) is 12.1 Å². The number of carbonyl (C=O) groups excluding carboxylic acids is 1. The summed E-state index contributed by atoms with van der Waals surface area (Å²) in [6, 6.07) is 33.6. The predicted molar refractivity (Wildman–Crippen MR) is 151 cm³/mol. The summed E-state index contributed by atoms with van der Waals surface area (Å²) in [4.78, 5) is 27.0. The Labute approximate surface area is 232 Å². The summed E-state index contributed by atoms with van der Waals surface area (Å²) in [5.74, 6) is -2.87. The van der Waals surface area contributed by atoms with E-state index in [0.29, 0.717) is 21.9 Å². The maximum atomic E-state index is 14.3. The van der Waals surface area contributed by atoms with E-state index >= 15 is 0 Å². The van der Waals surface area contributed by atoms with E-state index in [4.69, 9.17) is 9.15 Å². The summed E-state index contributed by atoms with van der Waals surface area (Å²) in [7, 11) is 0. The standard InChI is InChI=1S/C34H21F3O4/c35-34(36,37)32-30(26-17-9-15-21-10-7-8-16-25(21)26)31(38)27-19-18-24(20-28(27)41-32)40-33(39)29(22-11-3-1-4-12-22)23-13-5-2-6-14-23/h1-20,29H. The summed E-state index contributed by atoms with van der Waals surface area (Å²) >= 11 is 0. The van der Waals surface area contributed by atoms with Crippen molar-refractivity contribution < 1.29 is 27.1 Å². The monoisotopic (exact) mass is 550 g/mol. The first kappa shape index (κ1) is 26.1. The van der Waals surface area contributed by atoms with Crippen molar-refractivity contribution in [2.24, 2.45) is 0 Å². The minimum Gasteiger partial charge on any atom is -0.450 e. The Balaban J connectivity index is 1.45. The second-order valence-corrected chi connectivity index (χ2v) is 9.49. The molecule has 0 saturated heterocycles. The van der Waals surface area contributed by atoms with Crippen LogP contribution in [0.3, 0.4) is 0 Å². The minimum atomic E-state index is -4.96. The normalized spacial score (nSPS) is 11.7. The van der Waals surface area contributed by atoms with Crippen molar-refractivity contribution in [1.29, 1.82) is 0 Å². The average molecular weight is 551 g/mol. The molecule has 0 spiro atoms. The van der Waals surface area contributed by atoms with Gasteiger partial charge in [0, 0.05) is 6.07 Å². The van der Waals surface area contributed by atoms with Gasteiger partial charge in [-0.15, -0.1) is 0 Å². The lowest BCUT2D eigenvalue weighted by Crippen LogP contribution is -2.20. The van der Waals surface area contributed by atoms with Crippen molar-refractivity contribution in [3.05, 3.63) is 148 Å². The van der Waals surface area contributed by atoms with Gasteiger partial charge < -0.3 is 9.15 Å². The Kier molecular flexibility index (Phi) is 6.63. The third-order valence-corrected chi connectivity index (χ3v) is 6.90. The Morgan fingerprint density at radius 1 is 0.707 bits per heavy atom. The summed E-state index contributed by atoms with van der Waals surface area (Å²) in [5, 5.41) is 1.11. The lowest BCUT2D eigenvalue weighted by molar-refractivity contribution is -0.152. The van der Waals surface area contributed by atoms with E-state index in [1.807, 2.05) is 12.1 Å². The molecule has 1 aromatic heterocycles. The third kappa shape index (κ3) is 4.98. The number of halogens is 3. The van der Waals surface area contributed by atoms with E-state index in [-0.39, 0.29) is 22.3 Å². The van der Waals surface area contributed by atoms with Gasteiger partial charge in [-0.2, -0.15) is 13.2 Å². The molecular weight excluding hydrogens is 529 g/mol. The van der Waals surface area contributed by atoms with Crippen LogP contribution in [0.25, 0.3) is 32.9 Å². The Morgan fingerprint density at radius 2 is 1.32 bits per heavy atom. The number of alkyl halides is 3. The quantitative estimate of drug-likeness (QED) is 0.160. The maximum Gasteiger partial charge on any atom is 0.450 e. The molecule has 1 heterocycles. The van der Waals surface area contributed by atoms with E-state index in [9.17, 15) is 22.8 Å². The van der Waals surface area contributed by atoms with Gasteiger partial charge in [0.25, 0.3) is 0 Å². The number of hydrogen-bond donors (Lipinski definition) is 0. The highest BCUT2D eigenvalue weighted by Crippen LogP contribution is 2.40. The van der Waals surface area contributed by atoms with Crippen LogP contribution in [0.5, 0.6) is 5.75 Å². The van der Waals surface area contributed by atoms with Crippen molar-refractivity contribution in [1.82, 2.24) is 0 Å². The van der Waals surface area contributed by atoms with E-state index in [1.165, 1.54) is 18.2 Å². The van der Waals surface area contributed by atoms with Crippen LogP contribution in [-0.4, -0.2) is 5.97 Å². The fourth-order valence-corrected chi connectivity index (χ4v) is 5.06. The molecule has 202 valence electrons. The SMILES string of the molecule is O=C(Oc1ccc2c(=O)c(-c3cccc4ccccc34)c(C(F)(F)F)oc2c1)C(c1ccccc1)c1ccccc1. The molecule has 41 heavy (non-hydrogen) atoms. The number of hydrogen-bond acceptors (Lipinski definition) is 4. The van der Waals surface area contributed by atoms with Gasteiger partial charge >= 0.3 is 12.1 Å². The smallest absolute Gasteiger partial charge is 0.450 e. The largest absolute Gasteiger partial charge is 0.450 e. The highest BCUT2D eigenvalue weighted by Gasteiger charge is 2.40. The van der Waals surface area contributed by atoms with E-state index in [0.717, 1.165) is 6.07 Å². The van der Waals surface area contributed by atoms with Crippen LogP contribution in [0.4, 0.5) is 13.2 Å². The van der Waals surface area contributed by atoms with Gasteiger partial charge in [0.15, 0.2) is 0 Å². The molecule has 0 N–H and O–H groups in total. The molecule has 6 rings (SSSR count). The second-order valence-electron chi connectivity index (χ2n) is 9.49. The van der Waals surface area contributed by atoms with Crippen LogP contribution < -0.4 is 10.2 Å². The molecular formula is C34H21F3O4. The van der Waals surface area contributed by atoms with Crippen LogP contribution >= 0.6 is 0 Å². The van der Waals surface area contributed by atoms with Gasteiger partial charge in [-0.3, -0.25) is 9.59 Å². The molecule has 4 nitrogen and oxygen atoms in total. The lowest BCUT2D eigenvalue weighted by atomic mass is 9.91. The third-order valence-electron chi connectivity index (χ3n) is 6.90. The predicted octanol–water partition coefficient (Wildman–Crippen LogP) is 8.37. The molecule has 0 atom stereocenters. The van der Waals surface area contributed by atoms with E-state index in [2.05, 4.69) is 0 Å². The van der Waals surface area contributed by atoms with Gasteiger partial charge in [-0.05, 0) is 39.6 Å². The lowest BCUT2D eigenvalue weighted by Gasteiger charge is -2.17. The number of esters is 1. The molecule has 7 heteroatoms. The second kappa shape index (κ2) is 10.4. The maximum absolute atomic E-state index is 14.3. The van der Waals surface area contributed by atoms with Crippen molar-refractivity contribution in [3.8, 4) is 16.9 Å². The summed E-state index contributed by atoms with van der Waals surface area (Å²) in [6.45, 7) is 0. The van der Waals surface area contributed by atoms with Gasteiger partial charge in [-0.25, -0.2) is 0 Å². The number of rotatable bonds is 5. The number of fused-ring (bicyclic) bond motifs is 2. The Bertz CT molecular complexity index is 1900. The number of benzene rings is 5. The fraction of sp³-hybridized carbons (Fsp3) is 0.0588. The zero-order valence-corrected chi connectivity index (χ0v) is 21.4. The number of carbonyl (C=O) groups is 1. The van der Waals surface area contributed by atoms with Crippen LogP contribution in [0.1, 0.15) is 22.8 Å². The van der Waals surface area contributed by atoms with Gasteiger partial charge in [0.2, 0.25) is 11.2 Å². The summed E-state index contributed by atoms with van der Waals surface area (Å²) < 4.78 is 54.0. The van der Waals surface area contributed by atoms with Gasteiger partial charge in [-0.1, -0.05) is 103 Å². The molecule has 5 aromatic carbocycles. The number of ether oxygens (including phenoxy) is 1. The van der Waals surface area contributed by atoms with Gasteiger partial charge in [0.05, 0.1) is 10.9 Å². The van der Waals surface area contributed by atoms with E-state index < -0.39 is 34.8 Å². The highest BCUT2D eigenvalue weighted by atomic mass is 19.4. The molecule has 0 unspecified atom stereocenters. The molecule has 0 aliphatic rings. The first-order valence-corrected chi connectivity index (χ1v) is 12.8. The summed E-state index contributed by atoms with van der Waals surface area (Å²) in [6.07, 6.45) is -4.96. The molecule has 0 amide bonds. The van der Waals surface area contributed by atoms with Crippen molar-refractivity contribution in [2.75, 3.05) is 0 Å². The topological polar surface area (TPSA) is 56.5 Å². The minimum absolute atomic E-state index is 0.0476. The molecule has 0 aliphatic carbocycles. The Morgan fingerprint density at radius 3 is 1.98 bits per heavy atom. The molecule has 0 fully saturated rings. The van der Waals surface area contributed by atoms with Gasteiger partial charge in [0.1, 0.15) is 17.3 Å². The highest BCUT2D eigenvalue weighted by molar-refractivity contribution is 5.98. The molecule has 0 bridgehead atoms. The first-order valence-electron chi connectivity index (χ1n) is 12.8. The molecule has 6 aromatic rings. The van der Waals surface area contributed by atoms with Crippen LogP contribution in [0.2, 0.25) is 0 Å². The van der Waals surface area contributed by atoms with Crippen molar-refractivity contribution in [3.63, 3.8) is 0 Å². The Hall–Kier alpha value is -5.17. The van der Waals surface area contributed by atoms with Crippen LogP contribution in [0, 0.1) is 0 Å². The molecule has 0 aliphatic heterocycles.